The molecule has 0 saturated carbocycles. The first-order valence-electron chi connectivity index (χ1n) is 10.2. The molecule has 0 unspecified atom stereocenters. The van der Waals surface area contributed by atoms with E-state index in [4.69, 9.17) is 16.8 Å². The van der Waals surface area contributed by atoms with Gasteiger partial charge in [0.15, 0.2) is 5.65 Å². The van der Waals surface area contributed by atoms with Crippen LogP contribution in [0.3, 0.4) is 0 Å². The van der Waals surface area contributed by atoms with Crippen molar-refractivity contribution < 1.29 is 4.79 Å². The van der Waals surface area contributed by atoms with Crippen molar-refractivity contribution in [2.45, 2.75) is 13.5 Å². The van der Waals surface area contributed by atoms with Gasteiger partial charge >= 0.3 is 0 Å². The van der Waals surface area contributed by atoms with Crippen LogP contribution in [0.1, 0.15) is 22.8 Å². The van der Waals surface area contributed by atoms with Crippen LogP contribution in [0.4, 0.5) is 0 Å². The van der Waals surface area contributed by atoms with Crippen molar-refractivity contribution in [3.63, 3.8) is 0 Å². The van der Waals surface area contributed by atoms with Crippen molar-refractivity contribution in [2.24, 2.45) is 0 Å². The fraction of sp³-hybridized carbons (Fsp3) is 0.125. The van der Waals surface area contributed by atoms with E-state index in [9.17, 15) is 4.79 Å². The highest BCUT2D eigenvalue weighted by Crippen LogP contribution is 2.22. The number of amides is 1. The number of carbonyl (C=O) groups excluding carboxylic acids is 1. The molecule has 0 atom stereocenters. The summed E-state index contributed by atoms with van der Waals surface area (Å²) in [4.78, 5) is 21.4. The number of carbonyl (C=O) groups is 1. The Morgan fingerprint density at radius 1 is 1.03 bits per heavy atom. The topological polar surface area (TPSA) is 76.8 Å². The van der Waals surface area contributed by atoms with E-state index < -0.39 is 0 Å². The van der Waals surface area contributed by atoms with E-state index in [-0.39, 0.29) is 5.91 Å². The molecule has 0 N–H and O–H groups in total. The van der Waals surface area contributed by atoms with Gasteiger partial charge in [-0.25, -0.2) is 9.67 Å². The standard InChI is InChI=1S/C24H19ClN6O/c1-2-30(25)24(32)18-8-6-17(7-9-18)21-11-12-22-23(27-21)31(29-28-22)15-16-5-10-20-19(14-16)4-3-13-26-20/h3-14H,2,15H2,1H3. The Morgan fingerprint density at radius 2 is 1.84 bits per heavy atom. The Hall–Kier alpha value is -3.84. The Labute approximate surface area is 189 Å². The zero-order chi connectivity index (χ0) is 22.1. The van der Waals surface area contributed by atoms with Crippen molar-refractivity contribution in [2.75, 3.05) is 6.54 Å². The van der Waals surface area contributed by atoms with E-state index in [0.717, 1.165) is 37.7 Å². The fourth-order valence-electron chi connectivity index (χ4n) is 3.58. The molecule has 0 spiro atoms. The second-order valence-corrected chi connectivity index (χ2v) is 7.79. The van der Waals surface area contributed by atoms with Gasteiger partial charge in [-0.1, -0.05) is 29.5 Å². The first-order chi connectivity index (χ1) is 15.6. The molecular formula is C24H19ClN6O. The Kier molecular flexibility index (Phi) is 5.25. The minimum Gasteiger partial charge on any atom is -0.268 e. The summed E-state index contributed by atoms with van der Waals surface area (Å²) in [5.41, 5.74) is 5.68. The monoisotopic (exact) mass is 442 g/mol. The predicted octanol–water partition coefficient (Wildman–Crippen LogP) is 4.71. The smallest absolute Gasteiger partial charge is 0.268 e. The SMILES string of the molecule is CCN(Cl)C(=O)c1ccc(-c2ccc3nnn(Cc4ccc5ncccc5c4)c3n2)cc1. The van der Waals surface area contributed by atoms with Gasteiger partial charge in [0.05, 0.1) is 17.8 Å². The predicted molar refractivity (Wildman–Crippen MR) is 124 cm³/mol. The maximum absolute atomic E-state index is 12.2. The Balaban J connectivity index is 1.45. The van der Waals surface area contributed by atoms with Crippen LogP contribution in [0.25, 0.3) is 33.3 Å². The van der Waals surface area contributed by atoms with Crippen LogP contribution in [-0.4, -0.2) is 41.8 Å². The lowest BCUT2D eigenvalue weighted by molar-refractivity contribution is 0.0868. The van der Waals surface area contributed by atoms with Crippen LogP contribution in [0.5, 0.6) is 0 Å². The molecule has 1 amide bonds. The summed E-state index contributed by atoms with van der Waals surface area (Å²) in [5, 5.41) is 9.63. The van der Waals surface area contributed by atoms with E-state index in [1.54, 1.807) is 23.0 Å². The van der Waals surface area contributed by atoms with E-state index in [0.29, 0.717) is 24.3 Å². The molecule has 0 aliphatic rings. The van der Waals surface area contributed by atoms with Crippen LogP contribution in [-0.2, 0) is 6.54 Å². The largest absolute Gasteiger partial charge is 0.268 e. The maximum atomic E-state index is 12.2. The van der Waals surface area contributed by atoms with E-state index in [1.165, 1.54) is 0 Å². The van der Waals surface area contributed by atoms with Crippen molar-refractivity contribution in [1.29, 1.82) is 0 Å². The number of nitrogens with zero attached hydrogens (tertiary/aromatic N) is 6. The number of aromatic nitrogens is 5. The first kappa shape index (κ1) is 20.1. The third-order valence-electron chi connectivity index (χ3n) is 5.28. The molecule has 0 fully saturated rings. The zero-order valence-corrected chi connectivity index (χ0v) is 18.1. The number of pyridine rings is 2. The molecule has 0 aliphatic carbocycles. The number of halogens is 1. The highest BCUT2D eigenvalue weighted by molar-refractivity contribution is 6.24. The normalized spacial score (nSPS) is 11.2. The summed E-state index contributed by atoms with van der Waals surface area (Å²) in [7, 11) is 0. The minimum atomic E-state index is -0.225. The summed E-state index contributed by atoms with van der Waals surface area (Å²) in [5.74, 6) is -0.225. The molecule has 5 aromatic rings. The van der Waals surface area contributed by atoms with Gasteiger partial charge in [0.25, 0.3) is 5.91 Å². The van der Waals surface area contributed by atoms with Crippen LogP contribution in [0.15, 0.2) is 72.9 Å². The number of hydrogen-bond acceptors (Lipinski definition) is 5. The lowest BCUT2D eigenvalue weighted by Crippen LogP contribution is -2.20. The van der Waals surface area contributed by atoms with Crippen LogP contribution < -0.4 is 0 Å². The van der Waals surface area contributed by atoms with Gasteiger partial charge in [0.2, 0.25) is 0 Å². The summed E-state index contributed by atoms with van der Waals surface area (Å²) in [6, 6.07) is 21.2. The molecule has 32 heavy (non-hydrogen) atoms. The quantitative estimate of drug-likeness (QED) is 0.368. The van der Waals surface area contributed by atoms with Gasteiger partial charge in [-0.15, -0.1) is 5.10 Å². The second kappa shape index (κ2) is 8.36. The van der Waals surface area contributed by atoms with Gasteiger partial charge in [-0.2, -0.15) is 0 Å². The maximum Gasteiger partial charge on any atom is 0.268 e. The van der Waals surface area contributed by atoms with Crippen molar-refractivity contribution in [3.05, 3.63) is 84.1 Å². The fourth-order valence-corrected chi connectivity index (χ4v) is 3.68. The first-order valence-corrected chi connectivity index (χ1v) is 10.6. The van der Waals surface area contributed by atoms with Gasteiger partial charge in [-0.3, -0.25) is 14.2 Å². The average molecular weight is 443 g/mol. The molecule has 0 radical (unpaired) electrons. The highest BCUT2D eigenvalue weighted by atomic mass is 35.5. The lowest BCUT2D eigenvalue weighted by Gasteiger charge is -2.11. The molecule has 0 bridgehead atoms. The third-order valence-corrected chi connectivity index (χ3v) is 5.68. The van der Waals surface area contributed by atoms with Gasteiger partial charge in [0, 0.05) is 41.0 Å². The van der Waals surface area contributed by atoms with Crippen molar-refractivity contribution >= 4 is 39.8 Å². The van der Waals surface area contributed by atoms with Crippen LogP contribution in [0, 0.1) is 0 Å². The van der Waals surface area contributed by atoms with Crippen LogP contribution in [0.2, 0.25) is 0 Å². The summed E-state index contributed by atoms with van der Waals surface area (Å²) >= 11 is 5.93. The van der Waals surface area contributed by atoms with Gasteiger partial charge in [-0.05, 0) is 55.0 Å². The summed E-state index contributed by atoms with van der Waals surface area (Å²) in [6.45, 7) is 2.81. The van der Waals surface area contributed by atoms with Gasteiger partial charge in [0.1, 0.15) is 5.52 Å². The third kappa shape index (κ3) is 3.78. The molecule has 0 aliphatic heterocycles. The molecule has 158 valence electrons. The van der Waals surface area contributed by atoms with E-state index in [2.05, 4.69) is 21.4 Å². The van der Waals surface area contributed by atoms with Crippen LogP contribution >= 0.6 is 11.8 Å². The average Bonchev–Trinajstić information content (AvgIpc) is 3.25. The molecule has 3 aromatic heterocycles. The molecular weight excluding hydrogens is 424 g/mol. The molecule has 8 heteroatoms. The number of fused-ring (bicyclic) bond motifs is 2. The van der Waals surface area contributed by atoms with Crippen molar-refractivity contribution in [1.82, 2.24) is 29.4 Å². The lowest BCUT2D eigenvalue weighted by atomic mass is 10.1. The molecule has 7 nitrogen and oxygen atoms in total. The minimum absolute atomic E-state index is 0.225. The second-order valence-electron chi connectivity index (χ2n) is 7.38. The Morgan fingerprint density at radius 3 is 2.66 bits per heavy atom. The van der Waals surface area contributed by atoms with E-state index in [1.807, 2.05) is 55.5 Å². The molecule has 2 aromatic carbocycles. The number of benzene rings is 2. The van der Waals surface area contributed by atoms with E-state index >= 15 is 0 Å². The highest BCUT2D eigenvalue weighted by Gasteiger charge is 2.13. The Bertz CT molecular complexity index is 1430. The molecule has 5 rings (SSSR count). The summed E-state index contributed by atoms with van der Waals surface area (Å²) in [6.07, 6.45) is 1.79. The number of hydrogen-bond donors (Lipinski definition) is 0. The zero-order valence-electron chi connectivity index (χ0n) is 17.3. The molecule has 3 heterocycles. The van der Waals surface area contributed by atoms with Crippen molar-refractivity contribution in [3.8, 4) is 11.3 Å². The summed E-state index contributed by atoms with van der Waals surface area (Å²) < 4.78 is 2.95. The molecule has 0 saturated heterocycles. The number of rotatable bonds is 5. The van der Waals surface area contributed by atoms with Gasteiger partial charge < -0.3 is 0 Å².